The van der Waals surface area contributed by atoms with Crippen LogP contribution >= 0.6 is 11.8 Å². The number of anilines is 1. The van der Waals surface area contributed by atoms with Gasteiger partial charge in [0.25, 0.3) is 0 Å². The van der Waals surface area contributed by atoms with E-state index in [0.29, 0.717) is 12.2 Å². The van der Waals surface area contributed by atoms with Gasteiger partial charge >= 0.3 is 0 Å². The average Bonchev–Trinajstić information content (AvgIpc) is 2.63. The molecular weight excluding hydrogens is 380 g/mol. The topological polar surface area (TPSA) is 66.5 Å². The van der Waals surface area contributed by atoms with Crippen molar-refractivity contribution in [3.8, 4) is 0 Å². The standard InChI is InChI=1S/C20H26N2O3S2/c1-17-9-6-7-10-18(17)16-26-14-8-13-21-20(23)15-22(27(2,24)25)19-11-4-3-5-12-19/h3-7,9-12H,8,13-16H2,1-2H3,(H,21,23). The quantitative estimate of drug-likeness (QED) is 0.616. The lowest BCUT2D eigenvalue weighted by Crippen LogP contribution is -2.40. The zero-order chi connectivity index (χ0) is 19.7. The molecule has 0 spiro atoms. The molecule has 2 aromatic rings. The third-order valence-electron chi connectivity index (χ3n) is 4.04. The summed E-state index contributed by atoms with van der Waals surface area (Å²) in [5.41, 5.74) is 3.11. The van der Waals surface area contributed by atoms with Crippen LogP contribution in [0.5, 0.6) is 0 Å². The normalized spacial score (nSPS) is 11.2. The second-order valence-corrected chi connectivity index (χ2v) is 9.30. The smallest absolute Gasteiger partial charge is 0.240 e. The van der Waals surface area contributed by atoms with Crippen molar-refractivity contribution in [1.82, 2.24) is 5.32 Å². The molecule has 0 aliphatic heterocycles. The molecule has 0 heterocycles. The van der Waals surface area contributed by atoms with Gasteiger partial charge in [-0.05, 0) is 42.4 Å². The van der Waals surface area contributed by atoms with Crippen LogP contribution in [0.1, 0.15) is 17.5 Å². The molecule has 0 aliphatic carbocycles. The van der Waals surface area contributed by atoms with Crippen LogP contribution in [0.2, 0.25) is 0 Å². The minimum absolute atomic E-state index is 0.209. The van der Waals surface area contributed by atoms with Gasteiger partial charge in [0.2, 0.25) is 15.9 Å². The Labute approximate surface area is 166 Å². The number of amides is 1. The first-order valence-electron chi connectivity index (χ1n) is 8.79. The van der Waals surface area contributed by atoms with Crippen molar-refractivity contribution in [2.45, 2.75) is 19.1 Å². The number of para-hydroxylation sites is 1. The van der Waals surface area contributed by atoms with Crippen LogP contribution in [0.15, 0.2) is 54.6 Å². The summed E-state index contributed by atoms with van der Waals surface area (Å²) in [6, 6.07) is 17.0. The van der Waals surface area contributed by atoms with Gasteiger partial charge in [-0.25, -0.2) is 8.42 Å². The maximum absolute atomic E-state index is 12.1. The highest BCUT2D eigenvalue weighted by Gasteiger charge is 2.20. The van der Waals surface area contributed by atoms with Gasteiger partial charge in [0.15, 0.2) is 0 Å². The maximum atomic E-state index is 12.1. The number of benzene rings is 2. The molecule has 0 saturated heterocycles. The minimum Gasteiger partial charge on any atom is -0.354 e. The zero-order valence-corrected chi connectivity index (χ0v) is 17.4. The Bertz CT molecular complexity index is 839. The van der Waals surface area contributed by atoms with Crippen molar-refractivity contribution in [1.29, 1.82) is 0 Å². The fourth-order valence-electron chi connectivity index (χ4n) is 2.54. The Hall–Kier alpha value is -1.99. The predicted octanol–water partition coefficient (Wildman–Crippen LogP) is 3.20. The van der Waals surface area contributed by atoms with Gasteiger partial charge in [-0.1, -0.05) is 42.5 Å². The third kappa shape index (κ3) is 7.27. The number of sulfonamides is 1. The van der Waals surface area contributed by atoms with Crippen molar-refractivity contribution in [3.63, 3.8) is 0 Å². The summed E-state index contributed by atoms with van der Waals surface area (Å²) in [7, 11) is -3.52. The second kappa shape index (κ2) is 10.4. The summed E-state index contributed by atoms with van der Waals surface area (Å²) in [6.07, 6.45) is 1.95. The van der Waals surface area contributed by atoms with Gasteiger partial charge < -0.3 is 5.32 Å². The van der Waals surface area contributed by atoms with Crippen molar-refractivity contribution in [2.75, 3.05) is 29.4 Å². The number of hydrogen-bond donors (Lipinski definition) is 1. The predicted molar refractivity (Wildman–Crippen MR) is 114 cm³/mol. The Balaban J connectivity index is 1.73. The first-order chi connectivity index (χ1) is 12.9. The van der Waals surface area contributed by atoms with Crippen molar-refractivity contribution in [3.05, 3.63) is 65.7 Å². The van der Waals surface area contributed by atoms with E-state index < -0.39 is 10.0 Å². The Morgan fingerprint density at radius 2 is 1.74 bits per heavy atom. The summed E-state index contributed by atoms with van der Waals surface area (Å²) in [5, 5.41) is 2.81. The van der Waals surface area contributed by atoms with E-state index in [4.69, 9.17) is 0 Å². The minimum atomic E-state index is -3.52. The molecule has 0 aromatic heterocycles. The molecule has 2 aromatic carbocycles. The highest BCUT2D eigenvalue weighted by Crippen LogP contribution is 2.17. The molecule has 146 valence electrons. The number of carbonyl (C=O) groups excluding carboxylic acids is 1. The number of nitrogens with zero attached hydrogens (tertiary/aromatic N) is 1. The van der Waals surface area contributed by atoms with E-state index >= 15 is 0 Å². The van der Waals surface area contributed by atoms with Crippen molar-refractivity contribution in [2.24, 2.45) is 0 Å². The van der Waals surface area contributed by atoms with E-state index in [9.17, 15) is 13.2 Å². The Morgan fingerprint density at radius 3 is 2.41 bits per heavy atom. The first kappa shape index (κ1) is 21.3. The molecule has 0 aliphatic rings. The monoisotopic (exact) mass is 406 g/mol. The Kier molecular flexibility index (Phi) is 8.19. The number of rotatable bonds is 10. The molecule has 0 unspecified atom stereocenters. The molecule has 1 N–H and O–H groups in total. The largest absolute Gasteiger partial charge is 0.354 e. The lowest BCUT2D eigenvalue weighted by molar-refractivity contribution is -0.119. The van der Waals surface area contributed by atoms with E-state index in [1.54, 1.807) is 30.3 Å². The molecule has 0 bridgehead atoms. The average molecular weight is 407 g/mol. The second-order valence-electron chi connectivity index (χ2n) is 6.29. The Morgan fingerprint density at radius 1 is 1.07 bits per heavy atom. The van der Waals surface area contributed by atoms with E-state index in [0.717, 1.165) is 28.5 Å². The zero-order valence-electron chi connectivity index (χ0n) is 15.7. The SMILES string of the molecule is Cc1ccccc1CSCCCNC(=O)CN(c1ccccc1)S(C)(=O)=O. The fourth-order valence-corrected chi connectivity index (χ4v) is 4.43. The molecule has 0 saturated carbocycles. The van der Waals surface area contributed by atoms with E-state index in [2.05, 4.69) is 24.4 Å². The molecule has 5 nitrogen and oxygen atoms in total. The summed E-state index contributed by atoms with van der Waals surface area (Å²) in [4.78, 5) is 12.1. The van der Waals surface area contributed by atoms with Crippen molar-refractivity contribution >= 4 is 33.4 Å². The summed E-state index contributed by atoms with van der Waals surface area (Å²) >= 11 is 1.83. The van der Waals surface area contributed by atoms with Crippen LogP contribution in [-0.2, 0) is 20.6 Å². The molecule has 2 rings (SSSR count). The van der Waals surface area contributed by atoms with Gasteiger partial charge in [-0.2, -0.15) is 11.8 Å². The molecule has 27 heavy (non-hydrogen) atoms. The maximum Gasteiger partial charge on any atom is 0.240 e. The highest BCUT2D eigenvalue weighted by molar-refractivity contribution is 7.98. The third-order valence-corrected chi connectivity index (χ3v) is 6.27. The van der Waals surface area contributed by atoms with Crippen LogP contribution in [0, 0.1) is 6.92 Å². The van der Waals surface area contributed by atoms with Gasteiger partial charge in [0, 0.05) is 12.3 Å². The van der Waals surface area contributed by atoms with Gasteiger partial charge in [0.1, 0.15) is 6.54 Å². The number of nitrogens with one attached hydrogen (secondary N) is 1. The molecule has 0 radical (unpaired) electrons. The highest BCUT2D eigenvalue weighted by atomic mass is 32.2. The van der Waals surface area contributed by atoms with Gasteiger partial charge in [0.05, 0.1) is 11.9 Å². The van der Waals surface area contributed by atoms with Crippen LogP contribution in [0.25, 0.3) is 0 Å². The van der Waals surface area contributed by atoms with Crippen LogP contribution in [0.4, 0.5) is 5.69 Å². The molecule has 0 atom stereocenters. The molecule has 1 amide bonds. The lowest BCUT2D eigenvalue weighted by atomic mass is 10.1. The number of carbonyl (C=O) groups is 1. The summed E-state index contributed by atoms with van der Waals surface area (Å²) < 4.78 is 25.1. The van der Waals surface area contributed by atoms with E-state index in [1.165, 1.54) is 11.1 Å². The van der Waals surface area contributed by atoms with Crippen LogP contribution in [0.3, 0.4) is 0 Å². The van der Waals surface area contributed by atoms with Crippen LogP contribution < -0.4 is 9.62 Å². The van der Waals surface area contributed by atoms with E-state index in [1.807, 2.05) is 23.9 Å². The molecule has 0 fully saturated rings. The molecule has 7 heteroatoms. The first-order valence-corrected chi connectivity index (χ1v) is 11.8. The number of aryl methyl sites for hydroxylation is 1. The fraction of sp³-hybridized carbons (Fsp3) is 0.350. The summed E-state index contributed by atoms with van der Waals surface area (Å²) in [5.74, 6) is 1.59. The summed E-state index contributed by atoms with van der Waals surface area (Å²) in [6.45, 7) is 2.43. The van der Waals surface area contributed by atoms with Crippen LogP contribution in [-0.4, -0.2) is 39.4 Å². The van der Waals surface area contributed by atoms with Gasteiger partial charge in [-0.3, -0.25) is 9.10 Å². The van der Waals surface area contributed by atoms with Gasteiger partial charge in [-0.15, -0.1) is 0 Å². The molecular formula is C20H26N2O3S2. The van der Waals surface area contributed by atoms with E-state index in [-0.39, 0.29) is 12.5 Å². The number of hydrogen-bond acceptors (Lipinski definition) is 4. The van der Waals surface area contributed by atoms with Crippen molar-refractivity contribution < 1.29 is 13.2 Å². The lowest BCUT2D eigenvalue weighted by Gasteiger charge is -2.21. The number of thioether (sulfide) groups is 1.